The summed E-state index contributed by atoms with van der Waals surface area (Å²) < 4.78 is 5.06. The number of anilines is 2. The van der Waals surface area contributed by atoms with Crippen LogP contribution in [0.4, 0.5) is 11.4 Å². The minimum absolute atomic E-state index is 0.237. The van der Waals surface area contributed by atoms with Crippen LogP contribution in [0.25, 0.3) is 0 Å². The highest BCUT2D eigenvalue weighted by atomic mass is 16.5. The standard InChI is InChI=1S/C20H22N2O4/c1-12-8-13(2)19(14(3)9-12)22-18(24)11-26-20(25)16-6-5-7-17(10-16)21-15(4)23/h5-10H,11H2,1-4H3,(H,21,23)(H,22,24). The van der Waals surface area contributed by atoms with E-state index in [4.69, 9.17) is 4.74 Å². The Balaban J connectivity index is 1.97. The van der Waals surface area contributed by atoms with Gasteiger partial charge in [0.25, 0.3) is 5.91 Å². The molecule has 2 N–H and O–H groups in total. The predicted octanol–water partition coefficient (Wildman–Crippen LogP) is 3.37. The van der Waals surface area contributed by atoms with Crippen molar-refractivity contribution in [2.24, 2.45) is 0 Å². The fourth-order valence-electron chi connectivity index (χ4n) is 2.69. The lowest BCUT2D eigenvalue weighted by atomic mass is 10.1. The van der Waals surface area contributed by atoms with Gasteiger partial charge in [-0.15, -0.1) is 0 Å². The smallest absolute Gasteiger partial charge is 0.338 e. The van der Waals surface area contributed by atoms with Crippen molar-refractivity contribution < 1.29 is 19.1 Å². The van der Waals surface area contributed by atoms with E-state index in [-0.39, 0.29) is 11.5 Å². The number of benzene rings is 2. The van der Waals surface area contributed by atoms with E-state index in [9.17, 15) is 14.4 Å². The molecule has 136 valence electrons. The summed E-state index contributed by atoms with van der Waals surface area (Å²) in [6.07, 6.45) is 0. The van der Waals surface area contributed by atoms with E-state index in [0.29, 0.717) is 5.69 Å². The van der Waals surface area contributed by atoms with Crippen LogP contribution < -0.4 is 10.6 Å². The number of carbonyl (C=O) groups excluding carboxylic acids is 3. The van der Waals surface area contributed by atoms with Crippen LogP contribution in [0, 0.1) is 20.8 Å². The normalized spacial score (nSPS) is 10.2. The molecule has 0 unspecified atom stereocenters. The monoisotopic (exact) mass is 354 g/mol. The number of esters is 1. The molecule has 0 bridgehead atoms. The molecular formula is C20H22N2O4. The predicted molar refractivity (Wildman–Crippen MR) is 100 cm³/mol. The summed E-state index contributed by atoms with van der Waals surface area (Å²) >= 11 is 0. The molecule has 26 heavy (non-hydrogen) atoms. The lowest BCUT2D eigenvalue weighted by Crippen LogP contribution is -2.22. The molecule has 2 amide bonds. The van der Waals surface area contributed by atoms with Crippen molar-refractivity contribution in [1.29, 1.82) is 0 Å². The Kier molecular flexibility index (Phi) is 6.11. The van der Waals surface area contributed by atoms with Crippen LogP contribution in [-0.4, -0.2) is 24.4 Å². The minimum atomic E-state index is -0.635. The summed E-state index contributed by atoms with van der Waals surface area (Å²) in [7, 11) is 0. The van der Waals surface area contributed by atoms with Crippen LogP contribution in [0.1, 0.15) is 34.0 Å². The molecule has 0 aliphatic rings. The zero-order chi connectivity index (χ0) is 19.3. The van der Waals surface area contributed by atoms with Gasteiger partial charge in [-0.25, -0.2) is 4.79 Å². The van der Waals surface area contributed by atoms with Gasteiger partial charge in [-0.3, -0.25) is 9.59 Å². The summed E-state index contributed by atoms with van der Waals surface area (Å²) in [4.78, 5) is 35.3. The zero-order valence-corrected chi connectivity index (χ0v) is 15.3. The van der Waals surface area contributed by atoms with Gasteiger partial charge in [-0.05, 0) is 50.1 Å². The van der Waals surface area contributed by atoms with Crippen LogP contribution in [0.5, 0.6) is 0 Å². The van der Waals surface area contributed by atoms with Crippen molar-refractivity contribution in [3.63, 3.8) is 0 Å². The van der Waals surface area contributed by atoms with E-state index < -0.39 is 18.5 Å². The summed E-state index contributed by atoms with van der Waals surface area (Å²) in [5.41, 5.74) is 4.48. The molecule has 2 rings (SSSR count). The molecule has 0 saturated heterocycles. The van der Waals surface area contributed by atoms with E-state index >= 15 is 0 Å². The molecule has 0 atom stereocenters. The van der Waals surface area contributed by atoms with Gasteiger partial charge in [-0.2, -0.15) is 0 Å². The van der Waals surface area contributed by atoms with Gasteiger partial charge >= 0.3 is 5.97 Å². The van der Waals surface area contributed by atoms with Gasteiger partial charge < -0.3 is 15.4 Å². The first kappa shape index (κ1) is 19.2. The Morgan fingerprint density at radius 2 is 1.62 bits per heavy atom. The van der Waals surface area contributed by atoms with E-state index in [1.165, 1.54) is 13.0 Å². The topological polar surface area (TPSA) is 84.5 Å². The highest BCUT2D eigenvalue weighted by molar-refractivity contribution is 5.97. The fourth-order valence-corrected chi connectivity index (χ4v) is 2.69. The number of amides is 2. The average Bonchev–Trinajstić information content (AvgIpc) is 2.55. The molecule has 0 aromatic heterocycles. The minimum Gasteiger partial charge on any atom is -0.452 e. The molecule has 0 fully saturated rings. The molecule has 0 aliphatic carbocycles. The van der Waals surface area contributed by atoms with Crippen molar-refractivity contribution in [3.05, 3.63) is 58.7 Å². The van der Waals surface area contributed by atoms with Crippen LogP contribution in [0.15, 0.2) is 36.4 Å². The highest BCUT2D eigenvalue weighted by Crippen LogP contribution is 2.21. The fraction of sp³-hybridized carbons (Fsp3) is 0.250. The quantitative estimate of drug-likeness (QED) is 0.806. The van der Waals surface area contributed by atoms with Crippen LogP contribution in [0.3, 0.4) is 0 Å². The molecule has 0 heterocycles. The molecule has 2 aromatic rings. The molecule has 0 spiro atoms. The number of carbonyl (C=O) groups is 3. The number of hydrogen-bond donors (Lipinski definition) is 2. The SMILES string of the molecule is CC(=O)Nc1cccc(C(=O)OCC(=O)Nc2c(C)cc(C)cc2C)c1. The average molecular weight is 354 g/mol. The number of rotatable bonds is 5. The summed E-state index contributed by atoms with van der Waals surface area (Å²) in [6, 6.07) is 10.3. The second-order valence-electron chi connectivity index (χ2n) is 6.16. The maximum atomic E-state index is 12.1. The van der Waals surface area contributed by atoms with E-state index in [0.717, 1.165) is 22.4 Å². The van der Waals surface area contributed by atoms with Crippen molar-refractivity contribution in [1.82, 2.24) is 0 Å². The van der Waals surface area contributed by atoms with E-state index in [2.05, 4.69) is 10.6 Å². The van der Waals surface area contributed by atoms with Crippen LogP contribution in [0.2, 0.25) is 0 Å². The van der Waals surface area contributed by atoms with Crippen LogP contribution in [-0.2, 0) is 14.3 Å². The zero-order valence-electron chi connectivity index (χ0n) is 15.3. The van der Waals surface area contributed by atoms with Gasteiger partial charge in [0.2, 0.25) is 5.91 Å². The van der Waals surface area contributed by atoms with Gasteiger partial charge in [0, 0.05) is 18.3 Å². The third-order valence-corrected chi connectivity index (χ3v) is 3.69. The van der Waals surface area contributed by atoms with Crippen molar-refractivity contribution in [2.75, 3.05) is 17.2 Å². The first-order chi connectivity index (χ1) is 12.3. The highest BCUT2D eigenvalue weighted by Gasteiger charge is 2.13. The third kappa shape index (κ3) is 5.17. The second-order valence-corrected chi connectivity index (χ2v) is 6.16. The van der Waals surface area contributed by atoms with Gasteiger partial charge in [0.1, 0.15) is 0 Å². The van der Waals surface area contributed by atoms with E-state index in [1.54, 1.807) is 18.2 Å². The maximum Gasteiger partial charge on any atom is 0.338 e. The van der Waals surface area contributed by atoms with Crippen LogP contribution >= 0.6 is 0 Å². The second kappa shape index (κ2) is 8.29. The Morgan fingerprint density at radius 1 is 0.962 bits per heavy atom. The molecular weight excluding hydrogens is 332 g/mol. The third-order valence-electron chi connectivity index (χ3n) is 3.69. The van der Waals surface area contributed by atoms with E-state index in [1.807, 2.05) is 32.9 Å². The number of aryl methyl sites for hydroxylation is 3. The molecule has 0 radical (unpaired) electrons. The Hall–Kier alpha value is -3.15. The number of nitrogens with one attached hydrogen (secondary N) is 2. The Labute approximate surface area is 152 Å². The van der Waals surface area contributed by atoms with Gasteiger partial charge in [0.15, 0.2) is 6.61 Å². The van der Waals surface area contributed by atoms with Gasteiger partial charge in [0.05, 0.1) is 5.56 Å². The lowest BCUT2D eigenvalue weighted by molar-refractivity contribution is -0.119. The summed E-state index contributed by atoms with van der Waals surface area (Å²) in [5.74, 6) is -1.28. The number of hydrogen-bond acceptors (Lipinski definition) is 4. The maximum absolute atomic E-state index is 12.1. The lowest BCUT2D eigenvalue weighted by Gasteiger charge is -2.13. The van der Waals surface area contributed by atoms with Crippen molar-refractivity contribution in [3.8, 4) is 0 Å². The molecule has 2 aromatic carbocycles. The summed E-state index contributed by atoms with van der Waals surface area (Å²) in [6.45, 7) is 6.80. The molecule has 0 saturated carbocycles. The van der Waals surface area contributed by atoms with Crippen molar-refractivity contribution in [2.45, 2.75) is 27.7 Å². The molecule has 6 heteroatoms. The largest absolute Gasteiger partial charge is 0.452 e. The number of ether oxygens (including phenoxy) is 1. The van der Waals surface area contributed by atoms with Gasteiger partial charge in [-0.1, -0.05) is 23.8 Å². The Morgan fingerprint density at radius 3 is 2.23 bits per heavy atom. The van der Waals surface area contributed by atoms with Crippen molar-refractivity contribution >= 4 is 29.2 Å². The first-order valence-corrected chi connectivity index (χ1v) is 8.18. The molecule has 0 aliphatic heterocycles. The molecule has 6 nitrogen and oxygen atoms in total. The first-order valence-electron chi connectivity index (χ1n) is 8.18. The summed E-state index contributed by atoms with van der Waals surface area (Å²) in [5, 5.41) is 5.37. The Bertz CT molecular complexity index is 836.